The third-order valence-corrected chi connectivity index (χ3v) is 2.72. The average Bonchev–Trinajstić information content (AvgIpc) is 2.34. The molecular weight excluding hydrogens is 122 g/mol. The fourth-order valence-corrected chi connectivity index (χ4v) is 2.03. The zero-order valence-corrected chi connectivity index (χ0v) is 6.33. The monoisotopic (exact) mass is 135 g/mol. The van der Waals surface area contributed by atoms with Gasteiger partial charge < -0.3 is 0 Å². The number of aliphatic imine (C=N–C) groups is 1. The van der Waals surface area contributed by atoms with Crippen molar-refractivity contribution in [2.45, 2.75) is 25.8 Å². The maximum absolute atomic E-state index is 4.43. The standard InChI is InChI=1S/C9H13N/c1-7-4-5-9-8(7)3-2-6-10-9/h2-3,6-9H,4-5H2,1H3. The van der Waals surface area contributed by atoms with Crippen molar-refractivity contribution in [2.75, 3.05) is 0 Å². The zero-order chi connectivity index (χ0) is 6.97. The summed E-state index contributed by atoms with van der Waals surface area (Å²) < 4.78 is 0. The van der Waals surface area contributed by atoms with Gasteiger partial charge in [0.15, 0.2) is 0 Å². The van der Waals surface area contributed by atoms with Gasteiger partial charge >= 0.3 is 0 Å². The van der Waals surface area contributed by atoms with Crippen molar-refractivity contribution in [3.05, 3.63) is 12.2 Å². The van der Waals surface area contributed by atoms with E-state index in [-0.39, 0.29) is 0 Å². The minimum absolute atomic E-state index is 0.625. The Labute approximate surface area is 61.9 Å². The lowest BCUT2D eigenvalue weighted by atomic mass is 9.94. The van der Waals surface area contributed by atoms with Crippen LogP contribution in [0.15, 0.2) is 17.1 Å². The summed E-state index contributed by atoms with van der Waals surface area (Å²) >= 11 is 0. The molecule has 0 aromatic heterocycles. The Bertz CT molecular complexity index is 181. The predicted molar refractivity (Wildman–Crippen MR) is 43.3 cm³/mol. The summed E-state index contributed by atoms with van der Waals surface area (Å²) in [5.74, 6) is 1.61. The van der Waals surface area contributed by atoms with Gasteiger partial charge in [0.25, 0.3) is 0 Å². The van der Waals surface area contributed by atoms with E-state index < -0.39 is 0 Å². The van der Waals surface area contributed by atoms with Crippen LogP contribution in [0, 0.1) is 11.8 Å². The second kappa shape index (κ2) is 2.22. The summed E-state index contributed by atoms with van der Waals surface area (Å²) in [6.07, 6.45) is 9.00. The molecular formula is C9H13N. The smallest absolute Gasteiger partial charge is 0.0564 e. The highest BCUT2D eigenvalue weighted by Gasteiger charge is 2.31. The molecule has 3 atom stereocenters. The summed E-state index contributed by atoms with van der Waals surface area (Å²) in [7, 11) is 0. The van der Waals surface area contributed by atoms with Crippen LogP contribution in [0.25, 0.3) is 0 Å². The van der Waals surface area contributed by atoms with Crippen LogP contribution in [-0.4, -0.2) is 12.3 Å². The quantitative estimate of drug-likeness (QED) is 0.482. The molecule has 0 aromatic carbocycles. The molecule has 1 aliphatic heterocycles. The van der Waals surface area contributed by atoms with Gasteiger partial charge in [-0.1, -0.05) is 13.0 Å². The van der Waals surface area contributed by atoms with Crippen molar-refractivity contribution >= 4 is 6.21 Å². The lowest BCUT2D eigenvalue weighted by Gasteiger charge is -2.17. The Balaban J connectivity index is 2.19. The van der Waals surface area contributed by atoms with Crippen LogP contribution in [0.3, 0.4) is 0 Å². The number of rotatable bonds is 0. The van der Waals surface area contributed by atoms with Crippen molar-refractivity contribution in [3.63, 3.8) is 0 Å². The summed E-state index contributed by atoms with van der Waals surface area (Å²) in [4.78, 5) is 4.43. The van der Waals surface area contributed by atoms with Crippen LogP contribution in [0.4, 0.5) is 0 Å². The molecule has 2 rings (SSSR count). The molecule has 54 valence electrons. The molecule has 2 aliphatic rings. The van der Waals surface area contributed by atoms with E-state index in [4.69, 9.17) is 0 Å². The van der Waals surface area contributed by atoms with Gasteiger partial charge in [0.2, 0.25) is 0 Å². The van der Waals surface area contributed by atoms with E-state index in [2.05, 4.69) is 24.1 Å². The minimum atomic E-state index is 0.625. The van der Waals surface area contributed by atoms with Crippen molar-refractivity contribution in [3.8, 4) is 0 Å². The first-order chi connectivity index (χ1) is 4.88. The zero-order valence-electron chi connectivity index (χ0n) is 6.33. The van der Waals surface area contributed by atoms with Crippen molar-refractivity contribution in [2.24, 2.45) is 16.8 Å². The first kappa shape index (κ1) is 6.14. The Morgan fingerprint density at radius 2 is 2.30 bits per heavy atom. The molecule has 0 amide bonds. The molecule has 10 heavy (non-hydrogen) atoms. The number of fused-ring (bicyclic) bond motifs is 1. The summed E-state index contributed by atoms with van der Waals surface area (Å²) in [5.41, 5.74) is 0. The molecule has 3 unspecified atom stereocenters. The lowest BCUT2D eigenvalue weighted by Crippen LogP contribution is -2.15. The number of allylic oxidation sites excluding steroid dienone is 1. The second-order valence-electron chi connectivity index (χ2n) is 3.38. The van der Waals surface area contributed by atoms with Crippen LogP contribution in [0.2, 0.25) is 0 Å². The molecule has 0 aromatic rings. The third-order valence-electron chi connectivity index (χ3n) is 2.72. The van der Waals surface area contributed by atoms with Crippen molar-refractivity contribution in [1.82, 2.24) is 0 Å². The largest absolute Gasteiger partial charge is 0.289 e. The van der Waals surface area contributed by atoms with E-state index >= 15 is 0 Å². The van der Waals surface area contributed by atoms with E-state index in [0.29, 0.717) is 6.04 Å². The Hall–Kier alpha value is -0.590. The van der Waals surface area contributed by atoms with Crippen molar-refractivity contribution in [1.29, 1.82) is 0 Å². The van der Waals surface area contributed by atoms with Gasteiger partial charge in [-0.05, 0) is 24.8 Å². The third kappa shape index (κ3) is 0.808. The first-order valence-electron chi connectivity index (χ1n) is 4.08. The van der Waals surface area contributed by atoms with E-state index in [1.54, 1.807) is 0 Å². The highest BCUT2D eigenvalue weighted by Crippen LogP contribution is 2.35. The predicted octanol–water partition coefficient (Wildman–Crippen LogP) is 2.04. The van der Waals surface area contributed by atoms with Gasteiger partial charge in [-0.2, -0.15) is 0 Å². The van der Waals surface area contributed by atoms with Crippen LogP contribution in [0.1, 0.15) is 19.8 Å². The maximum Gasteiger partial charge on any atom is 0.0564 e. The molecule has 0 spiro atoms. The molecule has 1 heteroatoms. The Morgan fingerprint density at radius 3 is 3.10 bits per heavy atom. The highest BCUT2D eigenvalue weighted by molar-refractivity contribution is 5.72. The molecule has 1 fully saturated rings. The molecule has 0 bridgehead atoms. The second-order valence-corrected chi connectivity index (χ2v) is 3.38. The van der Waals surface area contributed by atoms with E-state index in [1.165, 1.54) is 12.8 Å². The van der Waals surface area contributed by atoms with Crippen LogP contribution in [0.5, 0.6) is 0 Å². The van der Waals surface area contributed by atoms with Gasteiger partial charge in [-0.15, -0.1) is 0 Å². The van der Waals surface area contributed by atoms with Gasteiger partial charge in [-0.3, -0.25) is 4.99 Å². The van der Waals surface area contributed by atoms with Crippen LogP contribution < -0.4 is 0 Å². The number of dihydropyridines is 1. The lowest BCUT2D eigenvalue weighted by molar-refractivity contribution is 0.468. The first-order valence-corrected chi connectivity index (χ1v) is 4.08. The minimum Gasteiger partial charge on any atom is -0.289 e. The number of hydrogen-bond donors (Lipinski definition) is 0. The molecule has 1 heterocycles. The average molecular weight is 135 g/mol. The van der Waals surface area contributed by atoms with Crippen LogP contribution in [-0.2, 0) is 0 Å². The Kier molecular flexibility index (Phi) is 1.37. The number of hydrogen-bond acceptors (Lipinski definition) is 1. The van der Waals surface area contributed by atoms with Gasteiger partial charge in [-0.25, -0.2) is 0 Å². The SMILES string of the molecule is CC1CCC2N=CC=CC12. The van der Waals surface area contributed by atoms with Gasteiger partial charge in [0.05, 0.1) is 6.04 Å². The van der Waals surface area contributed by atoms with Crippen molar-refractivity contribution < 1.29 is 0 Å². The van der Waals surface area contributed by atoms with Gasteiger partial charge in [0, 0.05) is 12.1 Å². The molecule has 0 radical (unpaired) electrons. The Morgan fingerprint density at radius 1 is 1.40 bits per heavy atom. The van der Waals surface area contributed by atoms with E-state index in [1.807, 2.05) is 6.21 Å². The fourth-order valence-electron chi connectivity index (χ4n) is 2.03. The summed E-state index contributed by atoms with van der Waals surface area (Å²) in [5, 5.41) is 0. The highest BCUT2D eigenvalue weighted by atomic mass is 14.8. The number of nitrogens with zero attached hydrogens (tertiary/aromatic N) is 1. The fraction of sp³-hybridized carbons (Fsp3) is 0.667. The van der Waals surface area contributed by atoms with E-state index in [9.17, 15) is 0 Å². The van der Waals surface area contributed by atoms with E-state index in [0.717, 1.165) is 11.8 Å². The molecule has 0 saturated heterocycles. The molecule has 1 saturated carbocycles. The topological polar surface area (TPSA) is 12.4 Å². The molecule has 0 N–H and O–H groups in total. The molecule has 1 aliphatic carbocycles. The van der Waals surface area contributed by atoms with Gasteiger partial charge in [0.1, 0.15) is 0 Å². The normalized spacial score (nSPS) is 43.9. The summed E-state index contributed by atoms with van der Waals surface area (Å²) in [6, 6.07) is 0.625. The van der Waals surface area contributed by atoms with Crippen LogP contribution >= 0.6 is 0 Å². The summed E-state index contributed by atoms with van der Waals surface area (Å²) in [6.45, 7) is 2.33. The molecule has 1 nitrogen and oxygen atoms in total. The maximum atomic E-state index is 4.43.